The number of rotatable bonds is 8. The van der Waals surface area contributed by atoms with Crippen molar-refractivity contribution in [1.82, 2.24) is 5.32 Å². The van der Waals surface area contributed by atoms with E-state index in [0.29, 0.717) is 11.1 Å². The first-order valence-electron chi connectivity index (χ1n) is 9.74. The molecule has 0 saturated carbocycles. The molecule has 164 valence electrons. The normalized spacial score (nSPS) is 11.3. The average Bonchev–Trinajstić information content (AvgIpc) is 2.81. The largest absolute Gasteiger partial charge is 0.455 e. The van der Waals surface area contributed by atoms with Crippen LogP contribution in [-0.4, -0.2) is 24.4 Å². The number of benzene rings is 3. The van der Waals surface area contributed by atoms with Gasteiger partial charge in [-0.2, -0.15) is 0 Å². The van der Waals surface area contributed by atoms with Gasteiger partial charge in [0.15, 0.2) is 18.2 Å². The number of carbonyl (C=O) groups is 3. The summed E-state index contributed by atoms with van der Waals surface area (Å²) in [7, 11) is 0. The zero-order chi connectivity index (χ0) is 22.9. The molecule has 0 spiro atoms. The standard InChI is InChI=1S/C24H20F2N2O4/c25-19-12-11-18(13-20(19)26)27-22(29)15-32-23(30)14-21(16-7-3-1-4-8-16)28-24(31)17-9-5-2-6-10-17/h1-13,21H,14-15H2,(H,27,29)(H,28,31). The summed E-state index contributed by atoms with van der Waals surface area (Å²) in [6, 6.07) is 19.6. The molecule has 0 aliphatic carbocycles. The highest BCUT2D eigenvalue weighted by atomic mass is 19.2. The van der Waals surface area contributed by atoms with Crippen LogP contribution in [0.2, 0.25) is 0 Å². The molecular weight excluding hydrogens is 418 g/mol. The van der Waals surface area contributed by atoms with Crippen LogP contribution in [0.15, 0.2) is 78.9 Å². The number of esters is 1. The Morgan fingerprint density at radius 3 is 2.16 bits per heavy atom. The Morgan fingerprint density at radius 2 is 1.50 bits per heavy atom. The third-order valence-electron chi connectivity index (χ3n) is 4.48. The van der Waals surface area contributed by atoms with Gasteiger partial charge < -0.3 is 15.4 Å². The minimum atomic E-state index is -1.11. The number of ether oxygens (including phenoxy) is 1. The molecule has 2 N–H and O–H groups in total. The van der Waals surface area contributed by atoms with E-state index in [9.17, 15) is 23.2 Å². The smallest absolute Gasteiger partial charge is 0.308 e. The number of hydrogen-bond donors (Lipinski definition) is 2. The maximum absolute atomic E-state index is 13.2. The SMILES string of the molecule is O=C(COC(=O)CC(NC(=O)c1ccccc1)c1ccccc1)Nc1ccc(F)c(F)c1. The van der Waals surface area contributed by atoms with Gasteiger partial charge in [-0.1, -0.05) is 48.5 Å². The molecule has 3 aromatic carbocycles. The lowest BCUT2D eigenvalue weighted by Gasteiger charge is -2.19. The first-order chi connectivity index (χ1) is 15.4. The number of anilines is 1. The van der Waals surface area contributed by atoms with Crippen molar-refractivity contribution in [3.8, 4) is 0 Å². The van der Waals surface area contributed by atoms with Crippen molar-refractivity contribution in [2.45, 2.75) is 12.5 Å². The van der Waals surface area contributed by atoms with Gasteiger partial charge in [0, 0.05) is 17.3 Å². The number of amides is 2. The third-order valence-corrected chi connectivity index (χ3v) is 4.48. The van der Waals surface area contributed by atoms with E-state index < -0.39 is 36.2 Å². The highest BCUT2D eigenvalue weighted by molar-refractivity contribution is 5.95. The van der Waals surface area contributed by atoms with Crippen LogP contribution in [0.3, 0.4) is 0 Å². The second kappa shape index (κ2) is 10.8. The van der Waals surface area contributed by atoms with Gasteiger partial charge in [0.2, 0.25) is 0 Å². The molecule has 0 aliphatic heterocycles. The number of nitrogens with one attached hydrogen (secondary N) is 2. The number of halogens is 2. The summed E-state index contributed by atoms with van der Waals surface area (Å²) in [6.07, 6.45) is -0.207. The third kappa shape index (κ3) is 6.46. The van der Waals surface area contributed by atoms with Crippen LogP contribution in [0.5, 0.6) is 0 Å². The molecule has 0 aromatic heterocycles. The van der Waals surface area contributed by atoms with E-state index in [4.69, 9.17) is 4.74 Å². The van der Waals surface area contributed by atoms with Crippen LogP contribution in [0.1, 0.15) is 28.4 Å². The van der Waals surface area contributed by atoms with Crippen LogP contribution in [0, 0.1) is 11.6 Å². The van der Waals surface area contributed by atoms with Crippen molar-refractivity contribution in [2.24, 2.45) is 0 Å². The Bertz CT molecular complexity index is 1090. The van der Waals surface area contributed by atoms with Crippen LogP contribution in [0.4, 0.5) is 14.5 Å². The molecular formula is C24H20F2N2O4. The molecule has 0 radical (unpaired) electrons. The Labute approximate surface area is 183 Å². The Morgan fingerprint density at radius 1 is 0.844 bits per heavy atom. The highest BCUT2D eigenvalue weighted by Gasteiger charge is 2.20. The van der Waals surface area contributed by atoms with Crippen LogP contribution < -0.4 is 10.6 Å². The predicted molar refractivity (Wildman–Crippen MR) is 114 cm³/mol. The topological polar surface area (TPSA) is 84.5 Å². The molecule has 6 nitrogen and oxygen atoms in total. The van der Waals surface area contributed by atoms with E-state index in [1.807, 2.05) is 0 Å². The molecule has 1 atom stereocenters. The van der Waals surface area contributed by atoms with Crippen LogP contribution in [-0.2, 0) is 14.3 Å². The lowest BCUT2D eigenvalue weighted by Crippen LogP contribution is -2.31. The molecule has 0 fully saturated rings. The Hall–Kier alpha value is -4.07. The van der Waals surface area contributed by atoms with Crippen molar-refractivity contribution >= 4 is 23.5 Å². The molecule has 1 unspecified atom stereocenters. The molecule has 0 bridgehead atoms. The minimum absolute atomic E-state index is 0.0298. The molecule has 0 aliphatic rings. The van der Waals surface area contributed by atoms with Gasteiger partial charge in [0.25, 0.3) is 11.8 Å². The summed E-state index contributed by atoms with van der Waals surface area (Å²) in [5.74, 6) is -3.94. The zero-order valence-electron chi connectivity index (χ0n) is 16.9. The second-order valence-electron chi connectivity index (χ2n) is 6.84. The Kier molecular flexibility index (Phi) is 7.64. The predicted octanol–water partition coefficient (Wildman–Crippen LogP) is 4.01. The van der Waals surface area contributed by atoms with Gasteiger partial charge in [0.1, 0.15) is 0 Å². The lowest BCUT2D eigenvalue weighted by molar-refractivity contribution is -0.147. The van der Waals surface area contributed by atoms with Crippen LogP contribution >= 0.6 is 0 Å². The van der Waals surface area contributed by atoms with Crippen LogP contribution in [0.25, 0.3) is 0 Å². The van der Waals surface area contributed by atoms with Gasteiger partial charge in [-0.05, 0) is 29.8 Å². The summed E-state index contributed by atoms with van der Waals surface area (Å²) in [5.41, 5.74) is 1.16. The summed E-state index contributed by atoms with van der Waals surface area (Å²) in [6.45, 7) is -0.619. The molecule has 8 heteroatoms. The van der Waals surface area contributed by atoms with Gasteiger partial charge >= 0.3 is 5.97 Å². The fourth-order valence-electron chi connectivity index (χ4n) is 2.91. The quantitative estimate of drug-likeness (QED) is 0.521. The highest BCUT2D eigenvalue weighted by Crippen LogP contribution is 2.18. The summed E-state index contributed by atoms with van der Waals surface area (Å²) >= 11 is 0. The summed E-state index contributed by atoms with van der Waals surface area (Å²) in [5, 5.41) is 5.11. The molecule has 32 heavy (non-hydrogen) atoms. The monoisotopic (exact) mass is 438 g/mol. The number of carbonyl (C=O) groups excluding carboxylic acids is 3. The van der Waals surface area contributed by atoms with Crippen molar-refractivity contribution in [1.29, 1.82) is 0 Å². The second-order valence-corrected chi connectivity index (χ2v) is 6.84. The molecule has 3 aromatic rings. The Balaban J connectivity index is 1.59. The van der Waals surface area contributed by atoms with Crippen molar-refractivity contribution in [3.05, 3.63) is 102 Å². The lowest BCUT2D eigenvalue weighted by atomic mass is 10.0. The summed E-state index contributed by atoms with van der Waals surface area (Å²) < 4.78 is 31.2. The van der Waals surface area contributed by atoms with Crippen molar-refractivity contribution < 1.29 is 27.9 Å². The maximum atomic E-state index is 13.2. The van der Waals surface area contributed by atoms with Gasteiger partial charge in [-0.3, -0.25) is 14.4 Å². The minimum Gasteiger partial charge on any atom is -0.455 e. The average molecular weight is 438 g/mol. The van der Waals surface area contributed by atoms with E-state index in [1.54, 1.807) is 60.7 Å². The van der Waals surface area contributed by atoms with E-state index in [2.05, 4.69) is 10.6 Å². The fourth-order valence-corrected chi connectivity index (χ4v) is 2.91. The molecule has 0 saturated heterocycles. The van der Waals surface area contributed by atoms with E-state index >= 15 is 0 Å². The van der Waals surface area contributed by atoms with Crippen molar-refractivity contribution in [3.63, 3.8) is 0 Å². The summed E-state index contributed by atoms with van der Waals surface area (Å²) in [4.78, 5) is 36.8. The first-order valence-corrected chi connectivity index (χ1v) is 9.74. The zero-order valence-corrected chi connectivity index (χ0v) is 16.9. The van der Waals surface area contributed by atoms with Gasteiger partial charge in [-0.15, -0.1) is 0 Å². The van der Waals surface area contributed by atoms with E-state index in [-0.39, 0.29) is 18.0 Å². The van der Waals surface area contributed by atoms with E-state index in [1.165, 1.54) is 6.07 Å². The van der Waals surface area contributed by atoms with Crippen molar-refractivity contribution in [2.75, 3.05) is 11.9 Å². The van der Waals surface area contributed by atoms with Gasteiger partial charge in [0.05, 0.1) is 12.5 Å². The first kappa shape index (κ1) is 22.6. The number of hydrogen-bond acceptors (Lipinski definition) is 4. The fraction of sp³-hybridized carbons (Fsp3) is 0.125. The van der Waals surface area contributed by atoms with Gasteiger partial charge in [-0.25, -0.2) is 8.78 Å². The molecule has 3 rings (SSSR count). The molecule has 2 amide bonds. The molecule has 0 heterocycles. The maximum Gasteiger partial charge on any atom is 0.308 e. The van der Waals surface area contributed by atoms with E-state index in [0.717, 1.165) is 12.1 Å².